The van der Waals surface area contributed by atoms with Gasteiger partial charge in [-0.05, 0) is 61.3 Å². The van der Waals surface area contributed by atoms with Gasteiger partial charge in [-0.15, -0.1) is 10.2 Å². The van der Waals surface area contributed by atoms with Crippen LogP contribution in [-0.2, 0) is 18.8 Å². The topological polar surface area (TPSA) is 47.1 Å². The quantitative estimate of drug-likeness (QED) is 0.313. The van der Waals surface area contributed by atoms with E-state index in [-0.39, 0.29) is 5.82 Å². The van der Waals surface area contributed by atoms with Crippen molar-refractivity contribution in [3.05, 3.63) is 102 Å². The highest BCUT2D eigenvalue weighted by Gasteiger charge is 2.27. The molecule has 5 nitrogen and oxygen atoms in total. The number of hydrogen-bond acceptors (Lipinski definition) is 5. The lowest BCUT2D eigenvalue weighted by molar-refractivity contribution is 0.187. The first-order valence-corrected chi connectivity index (χ1v) is 12.3. The van der Waals surface area contributed by atoms with Crippen LogP contribution >= 0.6 is 11.8 Å². The fraction of sp³-hybridized carbons (Fsp3) is 0.308. The number of hydrogen-bond donors (Lipinski definition) is 0. The minimum atomic E-state index is -0.211. The Morgan fingerprint density at radius 2 is 1.67 bits per heavy atom. The second-order valence-electron chi connectivity index (χ2n) is 8.46. The zero-order valence-corrected chi connectivity index (χ0v) is 19.3. The second kappa shape index (κ2) is 10.4. The lowest BCUT2D eigenvalue weighted by atomic mass is 9.95. The van der Waals surface area contributed by atoms with E-state index in [1.165, 1.54) is 17.7 Å². The molecule has 2 aromatic carbocycles. The molecule has 1 aliphatic rings. The highest BCUT2D eigenvalue weighted by molar-refractivity contribution is 7.98. The molecule has 33 heavy (non-hydrogen) atoms. The van der Waals surface area contributed by atoms with Crippen molar-refractivity contribution in [2.45, 2.75) is 42.8 Å². The molecule has 0 amide bonds. The van der Waals surface area contributed by atoms with Crippen LogP contribution in [0.15, 0.2) is 82.6 Å². The van der Waals surface area contributed by atoms with Crippen molar-refractivity contribution in [3.8, 4) is 0 Å². The van der Waals surface area contributed by atoms with Crippen LogP contribution in [0.4, 0.5) is 4.39 Å². The largest absolute Gasteiger partial charge is 0.468 e. The zero-order chi connectivity index (χ0) is 22.5. The molecule has 1 fully saturated rings. The Hall–Kier alpha value is -2.90. The van der Waals surface area contributed by atoms with Gasteiger partial charge in [0.25, 0.3) is 0 Å². The van der Waals surface area contributed by atoms with Gasteiger partial charge in [0, 0.05) is 11.7 Å². The number of halogens is 1. The normalized spacial score (nSPS) is 15.2. The summed E-state index contributed by atoms with van der Waals surface area (Å²) in [5.41, 5.74) is 2.31. The van der Waals surface area contributed by atoms with Gasteiger partial charge in [-0.2, -0.15) is 0 Å². The minimum Gasteiger partial charge on any atom is -0.468 e. The number of furan rings is 1. The van der Waals surface area contributed by atoms with Crippen LogP contribution in [0.5, 0.6) is 0 Å². The number of aromatic nitrogens is 3. The number of nitrogens with zero attached hydrogens (tertiary/aromatic N) is 4. The van der Waals surface area contributed by atoms with Gasteiger partial charge in [-0.1, -0.05) is 54.2 Å². The fourth-order valence-electron chi connectivity index (χ4n) is 4.32. The van der Waals surface area contributed by atoms with Crippen molar-refractivity contribution >= 4 is 11.8 Å². The smallest absolute Gasteiger partial charge is 0.191 e. The maximum absolute atomic E-state index is 13.3. The number of piperidine rings is 1. The monoisotopic (exact) mass is 462 g/mol. The van der Waals surface area contributed by atoms with Crippen molar-refractivity contribution in [1.29, 1.82) is 0 Å². The number of thioether (sulfide) groups is 1. The van der Waals surface area contributed by atoms with Gasteiger partial charge in [0.15, 0.2) is 5.16 Å². The molecule has 1 aliphatic heterocycles. The van der Waals surface area contributed by atoms with E-state index in [4.69, 9.17) is 4.42 Å². The standard InChI is InChI=1S/C26H27FN4OS/c27-23-10-8-21(9-11-23)19-33-26-29-28-25(31(26)17-20-5-2-1-3-6-20)22-12-14-30(15-13-22)18-24-7-4-16-32-24/h1-11,16,22H,12-15,17-19H2. The Kier molecular flexibility index (Phi) is 6.88. The molecule has 5 rings (SSSR count). The van der Waals surface area contributed by atoms with Gasteiger partial charge < -0.3 is 8.98 Å². The first-order chi connectivity index (χ1) is 16.2. The van der Waals surface area contributed by atoms with Gasteiger partial charge >= 0.3 is 0 Å². The van der Waals surface area contributed by atoms with E-state index in [2.05, 4.69) is 43.9 Å². The van der Waals surface area contributed by atoms with Gasteiger partial charge in [-0.3, -0.25) is 4.90 Å². The predicted molar refractivity (Wildman–Crippen MR) is 127 cm³/mol. The van der Waals surface area contributed by atoms with Crippen LogP contribution in [-0.4, -0.2) is 32.8 Å². The van der Waals surface area contributed by atoms with Crippen molar-refractivity contribution in [1.82, 2.24) is 19.7 Å². The predicted octanol–water partition coefficient (Wildman–Crippen LogP) is 5.73. The first-order valence-electron chi connectivity index (χ1n) is 11.3. The van der Waals surface area contributed by atoms with Gasteiger partial charge in [0.1, 0.15) is 17.4 Å². The molecule has 3 heterocycles. The molecule has 0 atom stereocenters. The maximum Gasteiger partial charge on any atom is 0.191 e. The van der Waals surface area contributed by atoms with E-state index in [1.807, 2.05) is 30.3 Å². The Morgan fingerprint density at radius 1 is 0.879 bits per heavy atom. The lowest BCUT2D eigenvalue weighted by Crippen LogP contribution is -2.33. The van der Waals surface area contributed by atoms with E-state index in [9.17, 15) is 4.39 Å². The van der Waals surface area contributed by atoms with Crippen LogP contribution in [0.1, 0.15) is 41.5 Å². The molecule has 0 radical (unpaired) electrons. The van der Waals surface area contributed by atoms with Crippen LogP contribution in [0, 0.1) is 5.82 Å². The van der Waals surface area contributed by atoms with Crippen molar-refractivity contribution in [2.24, 2.45) is 0 Å². The maximum atomic E-state index is 13.3. The molecule has 2 aromatic heterocycles. The van der Waals surface area contributed by atoms with Crippen LogP contribution < -0.4 is 0 Å². The Morgan fingerprint density at radius 3 is 2.39 bits per heavy atom. The van der Waals surface area contributed by atoms with Crippen molar-refractivity contribution in [3.63, 3.8) is 0 Å². The summed E-state index contributed by atoms with van der Waals surface area (Å²) in [6.45, 7) is 3.64. The molecule has 170 valence electrons. The van der Waals surface area contributed by atoms with Crippen LogP contribution in [0.3, 0.4) is 0 Å². The summed E-state index contributed by atoms with van der Waals surface area (Å²) in [5, 5.41) is 10.1. The van der Waals surface area contributed by atoms with Gasteiger partial charge in [0.05, 0.1) is 19.4 Å². The highest BCUT2D eigenvalue weighted by atomic mass is 32.2. The molecule has 0 aliphatic carbocycles. The Balaban J connectivity index is 1.31. The summed E-state index contributed by atoms with van der Waals surface area (Å²) in [5.74, 6) is 2.98. The molecular formula is C26H27FN4OS. The first kappa shape index (κ1) is 21.9. The molecule has 0 unspecified atom stereocenters. The molecule has 7 heteroatoms. The third-order valence-electron chi connectivity index (χ3n) is 6.12. The SMILES string of the molecule is Fc1ccc(CSc2nnc(C3CCN(Cc4ccco4)CC3)n2Cc2ccccc2)cc1. The third-order valence-corrected chi connectivity index (χ3v) is 7.16. The average Bonchev–Trinajstić information content (AvgIpc) is 3.50. The van der Waals surface area contributed by atoms with E-state index >= 15 is 0 Å². The van der Waals surface area contributed by atoms with Crippen molar-refractivity contribution in [2.75, 3.05) is 13.1 Å². The summed E-state index contributed by atoms with van der Waals surface area (Å²) in [6, 6.07) is 21.1. The summed E-state index contributed by atoms with van der Waals surface area (Å²) < 4.78 is 21.0. The van der Waals surface area contributed by atoms with Crippen LogP contribution in [0.2, 0.25) is 0 Å². The van der Waals surface area contributed by atoms with Crippen molar-refractivity contribution < 1.29 is 8.81 Å². The molecule has 1 saturated heterocycles. The molecule has 0 spiro atoms. The number of likely N-dealkylation sites (tertiary alicyclic amines) is 1. The molecular weight excluding hydrogens is 435 g/mol. The number of rotatable bonds is 8. The highest BCUT2D eigenvalue weighted by Crippen LogP contribution is 2.31. The number of benzene rings is 2. The lowest BCUT2D eigenvalue weighted by Gasteiger charge is -2.31. The minimum absolute atomic E-state index is 0.211. The fourth-order valence-corrected chi connectivity index (χ4v) is 5.22. The average molecular weight is 463 g/mol. The summed E-state index contributed by atoms with van der Waals surface area (Å²) >= 11 is 1.66. The van der Waals surface area contributed by atoms with Crippen LogP contribution in [0.25, 0.3) is 0 Å². The molecule has 0 bridgehead atoms. The van der Waals surface area contributed by atoms with E-state index in [0.717, 1.165) is 67.1 Å². The Labute approximate surface area is 197 Å². The summed E-state index contributed by atoms with van der Waals surface area (Å²) in [4.78, 5) is 2.44. The Bertz CT molecular complexity index is 1140. The zero-order valence-electron chi connectivity index (χ0n) is 18.4. The van der Waals surface area contributed by atoms with E-state index in [0.29, 0.717) is 5.92 Å². The molecule has 0 N–H and O–H groups in total. The molecule has 4 aromatic rings. The van der Waals surface area contributed by atoms with E-state index in [1.54, 1.807) is 18.0 Å². The van der Waals surface area contributed by atoms with E-state index < -0.39 is 0 Å². The third kappa shape index (κ3) is 5.54. The summed E-state index contributed by atoms with van der Waals surface area (Å²) in [7, 11) is 0. The van der Waals surface area contributed by atoms with Gasteiger partial charge in [-0.25, -0.2) is 4.39 Å². The molecule has 0 saturated carbocycles. The second-order valence-corrected chi connectivity index (χ2v) is 9.40. The summed E-state index contributed by atoms with van der Waals surface area (Å²) in [6.07, 6.45) is 3.84. The van der Waals surface area contributed by atoms with Gasteiger partial charge in [0.2, 0.25) is 0 Å².